The number of hydrogen-bond acceptors (Lipinski definition) is 4. The van der Waals surface area contributed by atoms with Crippen LogP contribution < -0.4 is 4.90 Å². The third-order valence-electron chi connectivity index (χ3n) is 4.07. The van der Waals surface area contributed by atoms with Gasteiger partial charge in [0.15, 0.2) is 0 Å². The lowest BCUT2D eigenvalue weighted by Crippen LogP contribution is -2.48. The number of sulfonamides is 1. The zero-order valence-corrected chi connectivity index (χ0v) is 15.0. The molecule has 0 bridgehead atoms. The Labute approximate surface area is 154 Å². The van der Waals surface area contributed by atoms with Crippen LogP contribution in [0.15, 0.2) is 47.5 Å². The molecule has 1 aromatic heterocycles. The predicted molar refractivity (Wildman–Crippen MR) is 91.7 cm³/mol. The number of pyridine rings is 1. The van der Waals surface area contributed by atoms with Crippen molar-refractivity contribution >= 4 is 27.4 Å². The second-order valence-corrected chi connectivity index (χ2v) is 8.13. The largest absolute Gasteiger partial charge is 0.417 e. The van der Waals surface area contributed by atoms with Gasteiger partial charge in [0.2, 0.25) is 10.0 Å². The van der Waals surface area contributed by atoms with Gasteiger partial charge in [-0.2, -0.15) is 17.5 Å². The molecule has 1 saturated heterocycles. The first kappa shape index (κ1) is 18.9. The van der Waals surface area contributed by atoms with Gasteiger partial charge in [0, 0.05) is 37.4 Å². The first-order chi connectivity index (χ1) is 12.2. The fourth-order valence-corrected chi connectivity index (χ4v) is 4.40. The molecule has 0 aliphatic carbocycles. The average Bonchev–Trinajstić information content (AvgIpc) is 2.61. The third-order valence-corrected chi connectivity index (χ3v) is 6.20. The molecule has 140 valence electrons. The SMILES string of the molecule is O=S(=O)(c1cccc(Cl)c1)N1CCN(c2ccc(C(F)(F)F)cn2)CC1. The van der Waals surface area contributed by atoms with E-state index in [-0.39, 0.29) is 18.0 Å². The van der Waals surface area contributed by atoms with E-state index in [1.807, 2.05) is 0 Å². The lowest BCUT2D eigenvalue weighted by atomic mass is 10.2. The highest BCUT2D eigenvalue weighted by Gasteiger charge is 2.32. The summed E-state index contributed by atoms with van der Waals surface area (Å²) in [5, 5.41) is 0.332. The molecule has 0 spiro atoms. The highest BCUT2D eigenvalue weighted by atomic mass is 35.5. The maximum Gasteiger partial charge on any atom is 0.417 e. The summed E-state index contributed by atoms with van der Waals surface area (Å²) in [4.78, 5) is 5.72. The molecule has 0 amide bonds. The van der Waals surface area contributed by atoms with Gasteiger partial charge in [-0.05, 0) is 30.3 Å². The van der Waals surface area contributed by atoms with Gasteiger partial charge < -0.3 is 4.90 Å². The molecule has 2 heterocycles. The van der Waals surface area contributed by atoms with Gasteiger partial charge in [0.05, 0.1) is 10.5 Å². The van der Waals surface area contributed by atoms with Crippen LogP contribution in [-0.2, 0) is 16.2 Å². The molecular weight excluding hydrogens is 391 g/mol. The number of aromatic nitrogens is 1. The van der Waals surface area contributed by atoms with Crippen molar-refractivity contribution in [2.24, 2.45) is 0 Å². The number of benzene rings is 1. The maximum atomic E-state index is 12.6. The predicted octanol–water partition coefficient (Wildman–Crippen LogP) is 3.26. The van der Waals surface area contributed by atoms with Crippen LogP contribution in [0.5, 0.6) is 0 Å². The summed E-state index contributed by atoms with van der Waals surface area (Å²) in [7, 11) is -3.66. The number of piperazine rings is 1. The minimum absolute atomic E-state index is 0.117. The summed E-state index contributed by atoms with van der Waals surface area (Å²) >= 11 is 5.86. The topological polar surface area (TPSA) is 53.5 Å². The van der Waals surface area contributed by atoms with E-state index in [4.69, 9.17) is 11.6 Å². The van der Waals surface area contributed by atoms with Crippen LogP contribution >= 0.6 is 11.6 Å². The second kappa shape index (κ2) is 7.05. The van der Waals surface area contributed by atoms with E-state index >= 15 is 0 Å². The van der Waals surface area contributed by atoms with Crippen LogP contribution in [0.4, 0.5) is 19.0 Å². The second-order valence-electron chi connectivity index (χ2n) is 5.75. The van der Waals surface area contributed by atoms with Gasteiger partial charge in [-0.1, -0.05) is 17.7 Å². The summed E-state index contributed by atoms with van der Waals surface area (Å²) in [6, 6.07) is 8.29. The minimum Gasteiger partial charge on any atom is -0.354 e. The Kier molecular flexibility index (Phi) is 5.14. The van der Waals surface area contributed by atoms with Crippen LogP contribution in [0.2, 0.25) is 5.02 Å². The van der Waals surface area contributed by atoms with Gasteiger partial charge >= 0.3 is 6.18 Å². The van der Waals surface area contributed by atoms with Crippen molar-refractivity contribution in [1.29, 1.82) is 0 Å². The Morgan fingerprint density at radius 1 is 1.04 bits per heavy atom. The number of hydrogen-bond donors (Lipinski definition) is 0. The van der Waals surface area contributed by atoms with E-state index in [0.29, 0.717) is 23.9 Å². The van der Waals surface area contributed by atoms with Crippen molar-refractivity contribution in [3.8, 4) is 0 Å². The third kappa shape index (κ3) is 3.94. The fourth-order valence-electron chi connectivity index (χ4n) is 2.67. The monoisotopic (exact) mass is 405 g/mol. The number of anilines is 1. The Bertz CT molecular complexity index is 880. The summed E-state index contributed by atoms with van der Waals surface area (Å²) in [6.07, 6.45) is -3.65. The van der Waals surface area contributed by atoms with Crippen molar-refractivity contribution in [1.82, 2.24) is 9.29 Å². The number of halogens is 4. The van der Waals surface area contributed by atoms with Crippen molar-refractivity contribution < 1.29 is 21.6 Å². The molecule has 5 nitrogen and oxygen atoms in total. The van der Waals surface area contributed by atoms with Gasteiger partial charge in [0.25, 0.3) is 0 Å². The summed E-state index contributed by atoms with van der Waals surface area (Å²) in [6.45, 7) is 1.07. The number of nitrogens with zero attached hydrogens (tertiary/aromatic N) is 3. The molecule has 3 rings (SSSR count). The number of alkyl halides is 3. The normalized spacial score (nSPS) is 16.7. The molecule has 10 heteroatoms. The molecule has 0 saturated carbocycles. The fraction of sp³-hybridized carbons (Fsp3) is 0.312. The van der Waals surface area contributed by atoms with Crippen LogP contribution in [0.3, 0.4) is 0 Å². The van der Waals surface area contributed by atoms with Crippen molar-refractivity contribution in [3.05, 3.63) is 53.2 Å². The molecule has 0 radical (unpaired) electrons. The van der Waals surface area contributed by atoms with E-state index in [1.54, 1.807) is 17.0 Å². The Morgan fingerprint density at radius 3 is 2.27 bits per heavy atom. The standard InChI is InChI=1S/C16H15ClF3N3O2S/c17-13-2-1-3-14(10-13)26(24,25)23-8-6-22(7-9-23)15-5-4-12(11-21-15)16(18,19)20/h1-5,10-11H,6-9H2. The molecular formula is C16H15ClF3N3O2S. The summed E-state index contributed by atoms with van der Waals surface area (Å²) < 4.78 is 64.4. The average molecular weight is 406 g/mol. The first-order valence-corrected chi connectivity index (χ1v) is 9.54. The molecule has 26 heavy (non-hydrogen) atoms. The van der Waals surface area contributed by atoms with Gasteiger partial charge in [-0.3, -0.25) is 0 Å². The summed E-state index contributed by atoms with van der Waals surface area (Å²) in [5.41, 5.74) is -0.816. The summed E-state index contributed by atoms with van der Waals surface area (Å²) in [5.74, 6) is 0.387. The molecule has 2 aromatic rings. The molecule has 1 aromatic carbocycles. The molecule has 0 atom stereocenters. The van der Waals surface area contributed by atoms with Crippen LogP contribution in [0.1, 0.15) is 5.56 Å². The smallest absolute Gasteiger partial charge is 0.354 e. The van der Waals surface area contributed by atoms with E-state index in [9.17, 15) is 21.6 Å². The molecule has 0 N–H and O–H groups in total. The Balaban J connectivity index is 1.69. The van der Waals surface area contributed by atoms with Crippen LogP contribution in [-0.4, -0.2) is 43.9 Å². The zero-order chi connectivity index (χ0) is 18.9. The van der Waals surface area contributed by atoms with Crippen molar-refractivity contribution in [2.75, 3.05) is 31.1 Å². The zero-order valence-electron chi connectivity index (χ0n) is 13.4. The lowest BCUT2D eigenvalue weighted by molar-refractivity contribution is -0.137. The van der Waals surface area contributed by atoms with Gasteiger partial charge in [0.1, 0.15) is 5.82 Å². The molecule has 1 fully saturated rings. The quantitative estimate of drug-likeness (QED) is 0.786. The van der Waals surface area contributed by atoms with E-state index < -0.39 is 21.8 Å². The van der Waals surface area contributed by atoms with Crippen LogP contribution in [0.25, 0.3) is 0 Å². The molecule has 1 aliphatic heterocycles. The lowest BCUT2D eigenvalue weighted by Gasteiger charge is -2.34. The van der Waals surface area contributed by atoms with Gasteiger partial charge in [-0.15, -0.1) is 0 Å². The minimum atomic E-state index is -4.44. The first-order valence-electron chi connectivity index (χ1n) is 7.72. The highest BCUT2D eigenvalue weighted by molar-refractivity contribution is 7.89. The van der Waals surface area contributed by atoms with E-state index in [0.717, 1.165) is 12.3 Å². The number of rotatable bonds is 3. The van der Waals surface area contributed by atoms with E-state index in [1.165, 1.54) is 22.5 Å². The molecule has 1 aliphatic rings. The van der Waals surface area contributed by atoms with Crippen molar-refractivity contribution in [3.63, 3.8) is 0 Å². The van der Waals surface area contributed by atoms with Crippen LogP contribution in [0, 0.1) is 0 Å². The maximum absolute atomic E-state index is 12.6. The molecule has 0 unspecified atom stereocenters. The van der Waals surface area contributed by atoms with Crippen molar-refractivity contribution in [2.45, 2.75) is 11.1 Å². The van der Waals surface area contributed by atoms with Gasteiger partial charge in [-0.25, -0.2) is 13.4 Å². The highest BCUT2D eigenvalue weighted by Crippen LogP contribution is 2.29. The Morgan fingerprint density at radius 2 is 1.73 bits per heavy atom. The van der Waals surface area contributed by atoms with E-state index in [2.05, 4.69) is 4.98 Å². The Hall–Kier alpha value is -1.84.